The summed E-state index contributed by atoms with van der Waals surface area (Å²) in [6, 6.07) is 0. The fraction of sp³-hybridized carbons (Fsp3) is 0.333. The van der Waals surface area contributed by atoms with Crippen LogP contribution in [0.15, 0.2) is 10.7 Å². The molecule has 7 heteroatoms. The number of nitrogens with zero attached hydrogens (tertiary/aromatic N) is 1. The SMILES string of the molecule is CCOC(=O)c1c(I)ncc(C(F)F)c1Br. The van der Waals surface area contributed by atoms with Crippen molar-refractivity contribution in [1.82, 2.24) is 4.98 Å². The Kier molecular flexibility index (Phi) is 5.03. The fourth-order valence-electron chi connectivity index (χ4n) is 1.01. The highest BCUT2D eigenvalue weighted by Gasteiger charge is 2.23. The summed E-state index contributed by atoms with van der Waals surface area (Å²) in [7, 11) is 0. The molecule has 0 aliphatic heterocycles. The number of esters is 1. The molecule has 0 radical (unpaired) electrons. The van der Waals surface area contributed by atoms with Gasteiger partial charge in [-0.1, -0.05) is 0 Å². The molecule has 0 spiro atoms. The molecule has 0 fully saturated rings. The maximum atomic E-state index is 12.6. The molecule has 0 aliphatic rings. The van der Waals surface area contributed by atoms with Gasteiger partial charge >= 0.3 is 5.97 Å². The van der Waals surface area contributed by atoms with Gasteiger partial charge in [0.25, 0.3) is 6.43 Å². The van der Waals surface area contributed by atoms with Crippen LogP contribution in [0.2, 0.25) is 0 Å². The smallest absolute Gasteiger partial charge is 0.341 e. The van der Waals surface area contributed by atoms with Crippen molar-refractivity contribution in [1.29, 1.82) is 0 Å². The van der Waals surface area contributed by atoms with Crippen molar-refractivity contribution in [3.8, 4) is 0 Å². The van der Waals surface area contributed by atoms with E-state index >= 15 is 0 Å². The molecule has 0 unspecified atom stereocenters. The number of halogens is 4. The molecule has 1 aromatic heterocycles. The largest absolute Gasteiger partial charge is 0.462 e. The Bertz CT molecular complexity index is 415. The molecule has 88 valence electrons. The van der Waals surface area contributed by atoms with Crippen LogP contribution in [0.4, 0.5) is 8.78 Å². The Morgan fingerprint density at radius 3 is 2.81 bits per heavy atom. The summed E-state index contributed by atoms with van der Waals surface area (Å²) < 4.78 is 30.3. The lowest BCUT2D eigenvalue weighted by atomic mass is 10.2. The number of hydrogen-bond donors (Lipinski definition) is 0. The van der Waals surface area contributed by atoms with E-state index in [0.717, 1.165) is 6.20 Å². The van der Waals surface area contributed by atoms with Crippen LogP contribution in [0.1, 0.15) is 29.3 Å². The van der Waals surface area contributed by atoms with Gasteiger partial charge in [-0.25, -0.2) is 18.6 Å². The molecule has 0 atom stereocenters. The number of carbonyl (C=O) groups is 1. The second-order valence-electron chi connectivity index (χ2n) is 2.71. The van der Waals surface area contributed by atoms with Gasteiger partial charge < -0.3 is 4.74 Å². The number of ether oxygens (including phenoxy) is 1. The van der Waals surface area contributed by atoms with Crippen LogP contribution in [0.3, 0.4) is 0 Å². The van der Waals surface area contributed by atoms with Gasteiger partial charge in [0.1, 0.15) is 9.26 Å². The van der Waals surface area contributed by atoms with Crippen LogP contribution < -0.4 is 0 Å². The van der Waals surface area contributed by atoms with Gasteiger partial charge in [-0.2, -0.15) is 0 Å². The van der Waals surface area contributed by atoms with Gasteiger partial charge in [-0.05, 0) is 45.4 Å². The van der Waals surface area contributed by atoms with E-state index in [1.54, 1.807) is 29.5 Å². The van der Waals surface area contributed by atoms with E-state index in [-0.39, 0.29) is 22.2 Å². The van der Waals surface area contributed by atoms with Gasteiger partial charge in [0, 0.05) is 10.7 Å². The molecule has 16 heavy (non-hydrogen) atoms. The van der Waals surface area contributed by atoms with Crippen LogP contribution in [-0.2, 0) is 4.74 Å². The van der Waals surface area contributed by atoms with Crippen molar-refractivity contribution in [2.24, 2.45) is 0 Å². The average molecular weight is 406 g/mol. The average Bonchev–Trinajstić information content (AvgIpc) is 2.17. The second-order valence-corrected chi connectivity index (χ2v) is 4.53. The number of carbonyl (C=O) groups excluding carboxylic acids is 1. The Balaban J connectivity index is 3.26. The Morgan fingerprint density at radius 1 is 1.69 bits per heavy atom. The summed E-state index contributed by atoms with van der Waals surface area (Å²) >= 11 is 4.77. The molecule has 1 rings (SSSR count). The van der Waals surface area contributed by atoms with Crippen molar-refractivity contribution < 1.29 is 18.3 Å². The zero-order valence-corrected chi connectivity index (χ0v) is 11.9. The van der Waals surface area contributed by atoms with Crippen LogP contribution in [0.25, 0.3) is 0 Å². The maximum absolute atomic E-state index is 12.6. The zero-order chi connectivity index (χ0) is 12.3. The fourth-order valence-corrected chi connectivity index (χ4v) is 2.64. The third-order valence-corrected chi connectivity index (χ3v) is 3.38. The first-order valence-corrected chi connectivity index (χ1v) is 6.15. The number of rotatable bonds is 3. The molecule has 1 aromatic rings. The first-order chi connectivity index (χ1) is 7.49. The van der Waals surface area contributed by atoms with Crippen molar-refractivity contribution in [3.63, 3.8) is 0 Å². The molecule has 0 aliphatic carbocycles. The third-order valence-electron chi connectivity index (χ3n) is 1.71. The molecule has 0 bridgehead atoms. The Morgan fingerprint density at radius 2 is 2.31 bits per heavy atom. The van der Waals surface area contributed by atoms with Gasteiger partial charge in [-0.3, -0.25) is 0 Å². The number of hydrogen-bond acceptors (Lipinski definition) is 3. The summed E-state index contributed by atoms with van der Waals surface area (Å²) in [6.07, 6.45) is -1.65. The quantitative estimate of drug-likeness (QED) is 0.438. The van der Waals surface area contributed by atoms with E-state index in [4.69, 9.17) is 4.74 Å². The summed E-state index contributed by atoms with van der Waals surface area (Å²) in [5.41, 5.74) is -0.274. The van der Waals surface area contributed by atoms with Gasteiger partial charge in [0.15, 0.2) is 0 Å². The molecule has 3 nitrogen and oxygen atoms in total. The van der Waals surface area contributed by atoms with Crippen LogP contribution in [0.5, 0.6) is 0 Å². The van der Waals surface area contributed by atoms with Crippen LogP contribution >= 0.6 is 38.5 Å². The molecule has 0 saturated carbocycles. The van der Waals surface area contributed by atoms with Crippen LogP contribution in [0, 0.1) is 3.70 Å². The number of alkyl halides is 2. The molecular formula is C9H7BrF2INO2. The second kappa shape index (κ2) is 5.85. The first kappa shape index (κ1) is 13.8. The molecular weight excluding hydrogens is 399 g/mol. The predicted octanol–water partition coefficient (Wildman–Crippen LogP) is 3.56. The maximum Gasteiger partial charge on any atom is 0.341 e. The predicted molar refractivity (Wildman–Crippen MR) is 65.6 cm³/mol. The minimum atomic E-state index is -2.69. The van der Waals surface area contributed by atoms with E-state index in [1.165, 1.54) is 0 Å². The topological polar surface area (TPSA) is 39.2 Å². The number of pyridine rings is 1. The minimum absolute atomic E-state index is 0.0419. The van der Waals surface area contributed by atoms with Crippen molar-refractivity contribution in [3.05, 3.63) is 25.5 Å². The van der Waals surface area contributed by atoms with E-state index in [1.807, 2.05) is 0 Å². The van der Waals surface area contributed by atoms with Gasteiger partial charge in [-0.15, -0.1) is 0 Å². The summed E-state index contributed by atoms with van der Waals surface area (Å²) in [5, 5.41) is 0. The normalized spacial score (nSPS) is 10.6. The zero-order valence-electron chi connectivity index (χ0n) is 8.14. The van der Waals surface area contributed by atoms with E-state index in [9.17, 15) is 13.6 Å². The highest BCUT2D eigenvalue weighted by atomic mass is 127. The Labute approximate surface area is 113 Å². The highest BCUT2D eigenvalue weighted by Crippen LogP contribution is 2.31. The van der Waals surface area contributed by atoms with E-state index in [2.05, 4.69) is 20.9 Å². The molecule has 0 N–H and O–H groups in total. The lowest BCUT2D eigenvalue weighted by Crippen LogP contribution is -2.10. The molecule has 0 saturated heterocycles. The summed E-state index contributed by atoms with van der Waals surface area (Å²) in [6.45, 7) is 1.82. The van der Waals surface area contributed by atoms with Gasteiger partial charge in [0.2, 0.25) is 0 Å². The molecule has 0 amide bonds. The summed E-state index contributed by atoms with van der Waals surface area (Å²) in [4.78, 5) is 15.3. The monoisotopic (exact) mass is 405 g/mol. The lowest BCUT2D eigenvalue weighted by Gasteiger charge is -2.09. The molecule has 0 aromatic carbocycles. The third kappa shape index (κ3) is 2.88. The van der Waals surface area contributed by atoms with Crippen molar-refractivity contribution in [2.75, 3.05) is 6.61 Å². The van der Waals surface area contributed by atoms with Crippen molar-refractivity contribution in [2.45, 2.75) is 13.3 Å². The Hall–Kier alpha value is -0.310. The van der Waals surface area contributed by atoms with E-state index in [0.29, 0.717) is 3.70 Å². The minimum Gasteiger partial charge on any atom is -0.462 e. The van der Waals surface area contributed by atoms with Gasteiger partial charge in [0.05, 0.1) is 12.2 Å². The molecule has 1 heterocycles. The summed E-state index contributed by atoms with van der Waals surface area (Å²) in [5.74, 6) is -0.659. The number of aromatic nitrogens is 1. The highest BCUT2D eigenvalue weighted by molar-refractivity contribution is 14.1. The lowest BCUT2D eigenvalue weighted by molar-refractivity contribution is 0.0522. The van der Waals surface area contributed by atoms with E-state index < -0.39 is 12.4 Å². The van der Waals surface area contributed by atoms with Crippen molar-refractivity contribution >= 4 is 44.5 Å². The standard InChI is InChI=1S/C9H7BrF2INO2/c1-2-16-9(15)5-6(10)4(7(11)12)3-14-8(5)13/h3,7H,2H2,1H3. The first-order valence-electron chi connectivity index (χ1n) is 4.28. The van der Waals surface area contributed by atoms with Crippen LogP contribution in [-0.4, -0.2) is 17.6 Å².